The van der Waals surface area contributed by atoms with Crippen LogP contribution in [0.15, 0.2) is 94.7 Å². The minimum absolute atomic E-state index is 0.0175. The van der Waals surface area contributed by atoms with Gasteiger partial charge in [0, 0.05) is 28.9 Å². The third kappa shape index (κ3) is 11.6. The third-order valence-corrected chi connectivity index (χ3v) is 10.7. The van der Waals surface area contributed by atoms with Crippen LogP contribution in [0.2, 0.25) is 0 Å². The number of hydrogen-bond acceptors (Lipinski definition) is 7. The van der Waals surface area contributed by atoms with Gasteiger partial charge in [0.2, 0.25) is 9.84 Å². The normalized spacial score (nSPS) is 11.3. The molecule has 9 nitrogen and oxygen atoms in total. The molecule has 0 aliphatic heterocycles. The minimum Gasteiger partial charge on any atom is -0.508 e. The summed E-state index contributed by atoms with van der Waals surface area (Å²) in [4.78, 5) is 24.9. The second-order valence-corrected chi connectivity index (χ2v) is 14.9. The number of benzene rings is 4. The molecule has 4 aromatic rings. The summed E-state index contributed by atoms with van der Waals surface area (Å²) in [5, 5.41) is 37.1. The smallest absolute Gasteiger partial charge is 0.255 e. The standard InChI is InChI=1S/C41H50N2O7S/c1-2-3-4-5-6-7-8-9-10-11-12-13-15-21-31-26-34(44)29-38(39(31)46)51(49,50)35-23-18-22-32(27-35)41(48)42-33-24-25-36(37(45)28-33)43-40(47)30-19-16-14-17-20-30/h14,16-20,22-29,44-46H,2-13,15,21H2,1H3,(H,42,48)(H,43,47). The number of amides is 2. The van der Waals surface area contributed by atoms with Gasteiger partial charge < -0.3 is 26.0 Å². The number of carbonyl (C=O) groups is 2. The van der Waals surface area contributed by atoms with Crippen molar-refractivity contribution in [3.8, 4) is 17.2 Å². The number of phenols is 3. The highest BCUT2D eigenvalue weighted by Gasteiger charge is 2.25. The van der Waals surface area contributed by atoms with E-state index in [1.54, 1.807) is 30.3 Å². The van der Waals surface area contributed by atoms with Crippen LogP contribution in [0, 0.1) is 0 Å². The summed E-state index contributed by atoms with van der Waals surface area (Å²) in [7, 11) is -4.32. The molecule has 0 saturated heterocycles. The van der Waals surface area contributed by atoms with Crippen molar-refractivity contribution < 1.29 is 33.3 Å². The van der Waals surface area contributed by atoms with Crippen molar-refractivity contribution in [2.75, 3.05) is 10.6 Å². The molecule has 0 aliphatic carbocycles. The molecule has 0 saturated carbocycles. The van der Waals surface area contributed by atoms with Crippen molar-refractivity contribution in [2.45, 2.75) is 107 Å². The fourth-order valence-electron chi connectivity index (χ4n) is 6.01. The molecule has 0 aromatic heterocycles. The zero-order chi connectivity index (χ0) is 36.6. The Morgan fingerprint density at radius 1 is 0.608 bits per heavy atom. The van der Waals surface area contributed by atoms with E-state index in [1.807, 2.05) is 0 Å². The van der Waals surface area contributed by atoms with Crippen molar-refractivity contribution in [1.29, 1.82) is 0 Å². The van der Waals surface area contributed by atoms with Crippen LogP contribution in [0.3, 0.4) is 0 Å². The van der Waals surface area contributed by atoms with Gasteiger partial charge in [-0.15, -0.1) is 0 Å². The second kappa shape index (κ2) is 19.5. The van der Waals surface area contributed by atoms with Crippen LogP contribution in [0.1, 0.15) is 117 Å². The van der Waals surface area contributed by atoms with E-state index in [9.17, 15) is 33.3 Å². The lowest BCUT2D eigenvalue weighted by atomic mass is 10.0. The van der Waals surface area contributed by atoms with Gasteiger partial charge in [-0.25, -0.2) is 8.42 Å². The highest BCUT2D eigenvalue weighted by atomic mass is 32.2. The van der Waals surface area contributed by atoms with Crippen LogP contribution in [-0.2, 0) is 16.3 Å². The first-order chi connectivity index (χ1) is 24.6. The Kier molecular flexibility index (Phi) is 14.9. The van der Waals surface area contributed by atoms with Gasteiger partial charge in [-0.05, 0) is 66.9 Å². The van der Waals surface area contributed by atoms with E-state index in [-0.39, 0.29) is 33.3 Å². The number of hydrogen-bond donors (Lipinski definition) is 5. The first kappa shape index (κ1) is 39.0. The van der Waals surface area contributed by atoms with E-state index in [2.05, 4.69) is 17.6 Å². The maximum Gasteiger partial charge on any atom is 0.255 e. The van der Waals surface area contributed by atoms with Crippen molar-refractivity contribution >= 4 is 33.0 Å². The van der Waals surface area contributed by atoms with Crippen LogP contribution >= 0.6 is 0 Å². The number of sulfone groups is 1. The van der Waals surface area contributed by atoms with Gasteiger partial charge in [-0.2, -0.15) is 0 Å². The van der Waals surface area contributed by atoms with Crippen molar-refractivity contribution in [2.24, 2.45) is 0 Å². The highest BCUT2D eigenvalue weighted by molar-refractivity contribution is 7.91. The fourth-order valence-corrected chi connectivity index (χ4v) is 7.47. The van der Waals surface area contributed by atoms with Gasteiger partial charge in [-0.3, -0.25) is 9.59 Å². The summed E-state index contributed by atoms with van der Waals surface area (Å²) in [5.41, 5.74) is 1.15. The molecular weight excluding hydrogens is 665 g/mol. The van der Waals surface area contributed by atoms with Gasteiger partial charge in [0.05, 0.1) is 10.6 Å². The molecule has 4 aromatic carbocycles. The molecule has 0 radical (unpaired) electrons. The molecule has 5 N–H and O–H groups in total. The highest BCUT2D eigenvalue weighted by Crippen LogP contribution is 2.36. The first-order valence-corrected chi connectivity index (χ1v) is 19.5. The van der Waals surface area contributed by atoms with Gasteiger partial charge in [-0.1, -0.05) is 108 Å². The lowest BCUT2D eigenvalue weighted by Crippen LogP contribution is -2.14. The quantitative estimate of drug-likeness (QED) is 0.0347. The average molecular weight is 715 g/mol. The molecular formula is C41H50N2O7S. The number of anilines is 2. The van der Waals surface area contributed by atoms with E-state index in [4.69, 9.17) is 0 Å². The maximum atomic E-state index is 13.7. The van der Waals surface area contributed by atoms with E-state index >= 15 is 0 Å². The van der Waals surface area contributed by atoms with E-state index in [0.29, 0.717) is 17.5 Å². The fraction of sp³-hybridized carbons (Fsp3) is 0.366. The SMILES string of the molecule is CCCCCCCCCCCCCCCc1cc(O)cc(S(=O)(=O)c2cccc(C(=O)Nc3ccc(NC(=O)c4ccccc4)c(O)c3)c2)c1O. The van der Waals surface area contributed by atoms with Crippen LogP contribution in [0.4, 0.5) is 11.4 Å². The largest absolute Gasteiger partial charge is 0.508 e. The number of nitrogens with one attached hydrogen (secondary N) is 2. The van der Waals surface area contributed by atoms with Crippen molar-refractivity contribution in [3.63, 3.8) is 0 Å². The molecule has 0 aliphatic rings. The predicted octanol–water partition coefficient (Wildman–Crippen LogP) is 9.77. The summed E-state index contributed by atoms with van der Waals surface area (Å²) in [5.74, 6) is -2.01. The number of rotatable bonds is 20. The zero-order valence-electron chi connectivity index (χ0n) is 29.4. The van der Waals surface area contributed by atoms with Crippen LogP contribution in [-0.4, -0.2) is 35.6 Å². The second-order valence-electron chi connectivity index (χ2n) is 13.0. The molecule has 2 amide bonds. The van der Waals surface area contributed by atoms with Gasteiger partial charge in [0.15, 0.2) is 0 Å². The summed E-state index contributed by atoms with van der Waals surface area (Å²) >= 11 is 0. The molecule has 0 spiro atoms. The maximum absolute atomic E-state index is 13.7. The topological polar surface area (TPSA) is 153 Å². The number of unbranched alkanes of at least 4 members (excludes halogenated alkanes) is 12. The van der Waals surface area contributed by atoms with Gasteiger partial charge in [0.25, 0.3) is 11.8 Å². The average Bonchev–Trinajstić information content (AvgIpc) is 3.13. The molecule has 10 heteroatoms. The Morgan fingerprint density at radius 3 is 1.82 bits per heavy atom. The molecule has 51 heavy (non-hydrogen) atoms. The Balaban J connectivity index is 1.32. The number of carbonyl (C=O) groups excluding carboxylic acids is 2. The summed E-state index contributed by atoms with van der Waals surface area (Å²) < 4.78 is 27.4. The molecule has 272 valence electrons. The monoisotopic (exact) mass is 714 g/mol. The van der Waals surface area contributed by atoms with Crippen molar-refractivity contribution in [3.05, 3.63) is 102 Å². The van der Waals surface area contributed by atoms with Crippen molar-refractivity contribution in [1.82, 2.24) is 0 Å². The molecule has 0 unspecified atom stereocenters. The molecule has 0 bridgehead atoms. The van der Waals surface area contributed by atoms with Gasteiger partial charge >= 0.3 is 0 Å². The zero-order valence-corrected chi connectivity index (χ0v) is 30.2. The lowest BCUT2D eigenvalue weighted by molar-refractivity contribution is 0.101. The van der Waals surface area contributed by atoms with E-state index < -0.39 is 32.3 Å². The Hall–Kier alpha value is -4.83. The third-order valence-electron chi connectivity index (χ3n) is 8.92. The van der Waals surface area contributed by atoms with Crippen LogP contribution in [0.5, 0.6) is 17.2 Å². The Morgan fingerprint density at radius 2 is 1.20 bits per heavy atom. The summed E-state index contributed by atoms with van der Waals surface area (Å²) in [6.07, 6.45) is 16.0. The molecule has 4 rings (SSSR count). The van der Waals surface area contributed by atoms with E-state index in [1.165, 1.54) is 106 Å². The van der Waals surface area contributed by atoms with Crippen LogP contribution < -0.4 is 10.6 Å². The molecule has 0 heterocycles. The first-order valence-electron chi connectivity index (χ1n) is 18.0. The Bertz CT molecular complexity index is 1860. The van der Waals surface area contributed by atoms with Gasteiger partial charge in [0.1, 0.15) is 22.1 Å². The minimum atomic E-state index is -4.32. The summed E-state index contributed by atoms with van der Waals surface area (Å²) in [6, 6.07) is 20.5. The summed E-state index contributed by atoms with van der Waals surface area (Å²) in [6.45, 7) is 2.23. The predicted molar refractivity (Wildman–Crippen MR) is 202 cm³/mol. The molecule has 0 atom stereocenters. The number of aromatic hydroxyl groups is 3. The molecule has 0 fully saturated rings. The van der Waals surface area contributed by atoms with E-state index in [0.717, 1.165) is 31.7 Å². The number of aryl methyl sites for hydroxylation is 1. The number of phenolic OH excluding ortho intramolecular Hbond substituents is 3. The van der Waals surface area contributed by atoms with Crippen LogP contribution in [0.25, 0.3) is 0 Å². The lowest BCUT2D eigenvalue weighted by Gasteiger charge is -2.13. The Labute approximate surface area is 301 Å².